The number of hydrogen-bond acceptors (Lipinski definition) is 15. The quantitative estimate of drug-likeness (QED) is 0.172. The average Bonchev–Trinajstić information content (AvgIpc) is 3.79. The molecule has 3 aliphatic rings. The van der Waals surface area contributed by atoms with Crippen LogP contribution in [0.5, 0.6) is 5.88 Å². The molecule has 0 spiro atoms. The number of hydrogen-bond donors (Lipinski definition) is 4. The van der Waals surface area contributed by atoms with E-state index in [0.29, 0.717) is 25.3 Å². The van der Waals surface area contributed by atoms with Crippen LogP contribution in [0, 0.1) is 0 Å². The first kappa shape index (κ1) is 32.9. The molecule has 0 radical (unpaired) electrons. The van der Waals surface area contributed by atoms with Gasteiger partial charge in [0.25, 0.3) is 0 Å². The van der Waals surface area contributed by atoms with Crippen LogP contribution in [0.1, 0.15) is 43.7 Å². The molecular weight excluding hydrogens is 678 g/mol. The maximum absolute atomic E-state index is 11.8. The van der Waals surface area contributed by atoms with E-state index in [2.05, 4.69) is 24.9 Å². The maximum Gasteiger partial charge on any atom is 0.325 e. The van der Waals surface area contributed by atoms with Crippen molar-refractivity contribution in [2.45, 2.75) is 69.0 Å². The lowest BCUT2D eigenvalue weighted by molar-refractivity contribution is -0.0488. The number of anilines is 1. The molecular formula is C26H34N8O10P2S. The van der Waals surface area contributed by atoms with Crippen molar-refractivity contribution in [1.29, 1.82) is 0 Å². The Balaban J connectivity index is 1.05. The van der Waals surface area contributed by atoms with E-state index in [0.717, 1.165) is 42.5 Å². The van der Waals surface area contributed by atoms with Gasteiger partial charge in [0.15, 0.2) is 17.7 Å². The summed E-state index contributed by atoms with van der Waals surface area (Å²) in [6, 6.07) is 0. The molecule has 254 valence electrons. The maximum atomic E-state index is 11.8. The van der Waals surface area contributed by atoms with Crippen LogP contribution in [0.4, 0.5) is 5.82 Å². The molecule has 0 amide bonds. The first-order chi connectivity index (χ1) is 22.5. The van der Waals surface area contributed by atoms with Gasteiger partial charge in [-0.2, -0.15) is 0 Å². The molecule has 5 N–H and O–H groups in total. The molecule has 0 bridgehead atoms. The standard InChI is InChI=1S/C26H34N8O10P2S/c1-45(36,37)40-10-16-20(35)21(26(43-16)34-13-32-19-22(27)28-11-30-24(19)34)44-46(38,47)41-9-15-5-6-17(42-15)33-8-14-4-2-3-7-39-25-18(14)23(33)29-12-31-25/h8,11-13,15-17,20-21,26,35H,2-7,9-10H2,1H3,(H,36,37)(H,38,47)(H2,27,28,30)/t15-,16+,17+,20+,21+,26+,46?/m0/s1. The number of nitrogens with two attached hydrogens (primary N) is 1. The Kier molecular flexibility index (Phi) is 9.08. The minimum Gasteiger partial charge on any atom is -0.477 e. The normalized spacial score (nSPS) is 28.9. The van der Waals surface area contributed by atoms with Crippen LogP contribution in [-0.2, 0) is 45.8 Å². The minimum absolute atomic E-state index is 0.0815. The molecule has 3 aliphatic heterocycles. The van der Waals surface area contributed by atoms with Gasteiger partial charge < -0.3 is 48.5 Å². The van der Waals surface area contributed by atoms with Gasteiger partial charge >= 0.3 is 14.3 Å². The van der Waals surface area contributed by atoms with Gasteiger partial charge in [0.05, 0.1) is 37.6 Å². The highest BCUT2D eigenvalue weighted by Crippen LogP contribution is 2.51. The molecule has 18 nitrogen and oxygen atoms in total. The minimum atomic E-state index is -4.02. The second kappa shape index (κ2) is 13.0. The molecule has 2 saturated heterocycles. The zero-order valence-corrected chi connectivity index (χ0v) is 27.7. The molecule has 47 heavy (non-hydrogen) atoms. The Morgan fingerprint density at radius 2 is 1.85 bits per heavy atom. The number of nitrogens with zero attached hydrogens (tertiary/aromatic N) is 7. The van der Waals surface area contributed by atoms with Gasteiger partial charge in [0.2, 0.25) is 5.88 Å². The first-order valence-electron chi connectivity index (χ1n) is 15.0. The number of rotatable bonds is 10. The number of nitrogen functional groups attached to an aromatic ring is 1. The second-order valence-electron chi connectivity index (χ2n) is 11.6. The Bertz CT molecular complexity index is 1870. The zero-order chi connectivity index (χ0) is 32.9. The fraction of sp³-hybridized carbons (Fsp3) is 0.577. The van der Waals surface area contributed by atoms with Crippen molar-refractivity contribution in [3.8, 4) is 5.88 Å². The summed E-state index contributed by atoms with van der Waals surface area (Å²) in [4.78, 5) is 42.0. The van der Waals surface area contributed by atoms with Crippen LogP contribution in [0.25, 0.3) is 22.2 Å². The lowest BCUT2D eigenvalue weighted by Crippen LogP contribution is -2.35. The van der Waals surface area contributed by atoms with E-state index in [4.69, 9.17) is 45.3 Å². The number of aromatic nitrogens is 7. The molecule has 2 fully saturated rings. The van der Waals surface area contributed by atoms with Crippen molar-refractivity contribution >= 4 is 54.1 Å². The summed E-state index contributed by atoms with van der Waals surface area (Å²) in [5.74, 6) is 0.690. The largest absolute Gasteiger partial charge is 0.477 e. The number of fused-ring (bicyclic) bond motifs is 1. The van der Waals surface area contributed by atoms with Crippen molar-refractivity contribution in [3.63, 3.8) is 0 Å². The highest BCUT2D eigenvalue weighted by molar-refractivity contribution is 8.07. The molecule has 0 aliphatic carbocycles. The highest BCUT2D eigenvalue weighted by atomic mass is 32.5. The monoisotopic (exact) mass is 712 g/mol. The second-order valence-corrected chi connectivity index (χ2v) is 16.3. The third-order valence-electron chi connectivity index (χ3n) is 8.26. The van der Waals surface area contributed by atoms with Gasteiger partial charge in [0.1, 0.15) is 48.4 Å². The van der Waals surface area contributed by atoms with Crippen LogP contribution >= 0.6 is 14.3 Å². The summed E-state index contributed by atoms with van der Waals surface area (Å²) >= 11 is 5.36. The Hall–Kier alpha value is -2.67. The van der Waals surface area contributed by atoms with Crippen LogP contribution in [-0.4, -0.2) is 99.8 Å². The first-order valence-corrected chi connectivity index (χ1v) is 19.6. The lowest BCUT2D eigenvalue weighted by atomic mass is 10.1. The van der Waals surface area contributed by atoms with Crippen LogP contribution in [0.3, 0.4) is 0 Å². The zero-order valence-electron chi connectivity index (χ0n) is 25.1. The fourth-order valence-corrected chi connectivity index (χ4v) is 7.93. The van der Waals surface area contributed by atoms with Gasteiger partial charge in [-0.15, -0.1) is 0 Å². The van der Waals surface area contributed by atoms with E-state index in [1.165, 1.54) is 23.5 Å². The van der Waals surface area contributed by atoms with Crippen LogP contribution in [0.2, 0.25) is 0 Å². The van der Waals surface area contributed by atoms with Crippen molar-refractivity contribution < 1.29 is 47.2 Å². The lowest BCUT2D eigenvalue weighted by Gasteiger charge is -2.26. The molecule has 0 aromatic carbocycles. The van der Waals surface area contributed by atoms with Gasteiger partial charge in [-0.3, -0.25) is 13.7 Å². The van der Waals surface area contributed by atoms with Crippen molar-refractivity contribution in [3.05, 3.63) is 30.7 Å². The number of aliphatic hydroxyl groups is 1. The predicted molar refractivity (Wildman–Crippen MR) is 168 cm³/mol. The van der Waals surface area contributed by atoms with Crippen LogP contribution in [0.15, 0.2) is 25.2 Å². The molecule has 7 heterocycles. The van der Waals surface area contributed by atoms with Crippen LogP contribution < -0.4 is 10.5 Å². The van der Waals surface area contributed by atoms with Crippen molar-refractivity contribution in [2.75, 3.05) is 32.2 Å². The Labute approximate surface area is 272 Å². The molecule has 2 unspecified atom stereocenters. The van der Waals surface area contributed by atoms with E-state index in [-0.39, 0.29) is 29.8 Å². The smallest absolute Gasteiger partial charge is 0.325 e. The van der Waals surface area contributed by atoms with Gasteiger partial charge in [0, 0.05) is 12.9 Å². The van der Waals surface area contributed by atoms with E-state index in [9.17, 15) is 19.5 Å². The van der Waals surface area contributed by atoms with E-state index >= 15 is 0 Å². The highest BCUT2D eigenvalue weighted by Gasteiger charge is 2.49. The summed E-state index contributed by atoms with van der Waals surface area (Å²) in [6.45, 7) is -2.94. The van der Waals surface area contributed by atoms with E-state index in [1.807, 2.05) is 10.8 Å². The Morgan fingerprint density at radius 1 is 1.04 bits per heavy atom. The summed E-state index contributed by atoms with van der Waals surface area (Å²) in [6.07, 6.45) is 4.38. The van der Waals surface area contributed by atoms with Gasteiger partial charge in [-0.25, -0.2) is 24.9 Å². The number of ether oxygens (including phenoxy) is 3. The van der Waals surface area contributed by atoms with Crippen molar-refractivity contribution in [1.82, 2.24) is 34.1 Å². The van der Waals surface area contributed by atoms with Crippen molar-refractivity contribution in [2.24, 2.45) is 0 Å². The summed E-state index contributed by atoms with van der Waals surface area (Å²) in [5.41, 5.74) is 8.31. The summed E-state index contributed by atoms with van der Waals surface area (Å²) < 4.78 is 50.0. The SMILES string of the molecule is CP(=O)(O)OC[C@H]1O[C@@H](n2cnc3c(N)ncnc32)[C@H](OP(O)(=S)OC[C@@H]2CC[C@H](n3cc4c5c(ncnc53)OCCCC4)O2)[C@@H]1O. The molecule has 21 heteroatoms. The average molecular weight is 713 g/mol. The summed E-state index contributed by atoms with van der Waals surface area (Å²) in [7, 11) is -3.90. The molecule has 7 rings (SSSR count). The topological polar surface area (TPSA) is 233 Å². The third kappa shape index (κ3) is 6.80. The number of aliphatic hydroxyl groups excluding tert-OH is 1. The predicted octanol–water partition coefficient (Wildman–Crippen LogP) is 1.95. The fourth-order valence-electron chi connectivity index (χ4n) is 6.07. The molecule has 4 aromatic rings. The van der Waals surface area contributed by atoms with Gasteiger partial charge in [-0.1, -0.05) is 0 Å². The van der Waals surface area contributed by atoms with E-state index < -0.39 is 51.6 Å². The van der Waals surface area contributed by atoms with Gasteiger partial charge in [-0.05, 0) is 49.5 Å². The Morgan fingerprint density at radius 3 is 2.68 bits per heavy atom. The molecule has 0 saturated carbocycles. The number of aryl methyl sites for hydroxylation is 1. The molecule has 4 aromatic heterocycles. The summed E-state index contributed by atoms with van der Waals surface area (Å²) in [5, 5.41) is 12.1. The third-order valence-corrected chi connectivity index (χ3v) is 10.4. The van der Waals surface area contributed by atoms with E-state index in [1.54, 1.807) is 0 Å². The number of imidazole rings is 1. The molecule has 8 atom stereocenters.